The molecule has 0 bridgehead atoms. The molecule has 3 rings (SSSR count). The van der Waals surface area contributed by atoms with Crippen LogP contribution in [-0.2, 0) is 9.53 Å². The Hall–Kier alpha value is -1.78. The Labute approximate surface area is 166 Å². The predicted octanol–water partition coefficient (Wildman–Crippen LogP) is 2.47. The maximum atomic E-state index is 12.2. The van der Waals surface area contributed by atoms with E-state index < -0.39 is 4.92 Å². The Morgan fingerprint density at radius 2 is 2.11 bits per heavy atom. The monoisotopic (exact) mass is 410 g/mol. The quantitative estimate of drug-likeness (QED) is 0.437. The number of carbonyl (C=O) groups excluding carboxylic acids is 1. The summed E-state index contributed by atoms with van der Waals surface area (Å²) in [5, 5.41) is 15.2. The second kappa shape index (κ2) is 8.94. The molecule has 27 heavy (non-hydrogen) atoms. The van der Waals surface area contributed by atoms with Crippen LogP contribution in [0.3, 0.4) is 0 Å². The summed E-state index contributed by atoms with van der Waals surface area (Å²) in [6, 6.07) is 4.68. The number of hydrogen-bond acceptors (Lipinski definition) is 8. The van der Waals surface area contributed by atoms with Gasteiger partial charge in [-0.1, -0.05) is 0 Å². The molecule has 0 unspecified atom stereocenters. The molecule has 146 valence electrons. The molecule has 0 spiro atoms. The van der Waals surface area contributed by atoms with Crippen molar-refractivity contribution in [1.29, 1.82) is 0 Å². The minimum absolute atomic E-state index is 0.00828. The largest absolute Gasteiger partial charge is 0.378 e. The number of rotatable bonds is 6. The molecule has 2 fully saturated rings. The SMILES string of the molecule is CC1(CC(=O)N/N=C\c2cc([N+](=O)[O-])ccc2N2CCOCC2)SCCS1. The number of morpholine rings is 1. The van der Waals surface area contributed by atoms with E-state index in [0.29, 0.717) is 38.3 Å². The normalized spacial score (nSPS) is 19.4. The number of non-ortho nitro benzene ring substituents is 1. The Kier molecular flexibility index (Phi) is 6.61. The second-order valence-corrected chi connectivity index (χ2v) is 9.85. The zero-order chi connectivity index (χ0) is 19.3. The Morgan fingerprint density at radius 1 is 1.41 bits per heavy atom. The average Bonchev–Trinajstić information content (AvgIpc) is 3.08. The lowest BCUT2D eigenvalue weighted by atomic mass is 10.1. The first kappa shape index (κ1) is 20.0. The van der Waals surface area contributed by atoms with Crippen molar-refractivity contribution in [2.75, 3.05) is 42.7 Å². The van der Waals surface area contributed by atoms with E-state index in [9.17, 15) is 14.9 Å². The van der Waals surface area contributed by atoms with Gasteiger partial charge in [-0.3, -0.25) is 14.9 Å². The number of hydrazone groups is 1. The van der Waals surface area contributed by atoms with E-state index in [1.165, 1.54) is 18.3 Å². The molecule has 1 aromatic carbocycles. The Balaban J connectivity index is 1.71. The number of ether oxygens (including phenoxy) is 1. The van der Waals surface area contributed by atoms with Crippen molar-refractivity contribution in [3.05, 3.63) is 33.9 Å². The molecule has 0 aromatic heterocycles. The van der Waals surface area contributed by atoms with Gasteiger partial charge in [0.25, 0.3) is 5.69 Å². The van der Waals surface area contributed by atoms with Crippen LogP contribution in [0.25, 0.3) is 0 Å². The van der Waals surface area contributed by atoms with Crippen molar-refractivity contribution in [3.8, 4) is 0 Å². The predicted molar refractivity (Wildman–Crippen MR) is 110 cm³/mol. The Morgan fingerprint density at radius 3 is 2.78 bits per heavy atom. The number of anilines is 1. The number of nitrogens with zero attached hydrogens (tertiary/aromatic N) is 3. The lowest BCUT2D eigenvalue weighted by Gasteiger charge is -2.29. The highest BCUT2D eigenvalue weighted by Gasteiger charge is 2.32. The summed E-state index contributed by atoms with van der Waals surface area (Å²) in [6.07, 6.45) is 1.86. The van der Waals surface area contributed by atoms with Crippen molar-refractivity contribution in [2.24, 2.45) is 5.10 Å². The van der Waals surface area contributed by atoms with Gasteiger partial charge in [0.15, 0.2) is 0 Å². The molecule has 1 aromatic rings. The van der Waals surface area contributed by atoms with Gasteiger partial charge in [-0.2, -0.15) is 5.10 Å². The molecule has 2 heterocycles. The minimum Gasteiger partial charge on any atom is -0.378 e. The maximum absolute atomic E-state index is 12.2. The highest BCUT2D eigenvalue weighted by atomic mass is 32.2. The van der Waals surface area contributed by atoms with E-state index in [1.807, 2.05) is 0 Å². The van der Waals surface area contributed by atoms with Gasteiger partial charge >= 0.3 is 0 Å². The van der Waals surface area contributed by atoms with Crippen LogP contribution in [0.15, 0.2) is 23.3 Å². The summed E-state index contributed by atoms with van der Waals surface area (Å²) in [5.41, 5.74) is 3.99. The fourth-order valence-corrected chi connectivity index (χ4v) is 5.84. The van der Waals surface area contributed by atoms with Gasteiger partial charge in [0.2, 0.25) is 5.91 Å². The van der Waals surface area contributed by atoms with Crippen LogP contribution in [0, 0.1) is 10.1 Å². The van der Waals surface area contributed by atoms with E-state index in [2.05, 4.69) is 22.4 Å². The van der Waals surface area contributed by atoms with Crippen LogP contribution >= 0.6 is 23.5 Å². The van der Waals surface area contributed by atoms with E-state index in [0.717, 1.165) is 17.2 Å². The van der Waals surface area contributed by atoms with Crippen LogP contribution < -0.4 is 10.3 Å². The number of carbonyl (C=O) groups is 1. The first-order valence-electron chi connectivity index (χ1n) is 8.68. The first-order chi connectivity index (χ1) is 13.0. The van der Waals surface area contributed by atoms with Crippen molar-refractivity contribution in [3.63, 3.8) is 0 Å². The first-order valence-corrected chi connectivity index (χ1v) is 10.6. The lowest BCUT2D eigenvalue weighted by Crippen LogP contribution is -2.36. The molecule has 2 aliphatic heterocycles. The van der Waals surface area contributed by atoms with E-state index in [1.54, 1.807) is 29.6 Å². The van der Waals surface area contributed by atoms with Crippen LogP contribution in [0.5, 0.6) is 0 Å². The number of nitro benzene ring substituents is 1. The van der Waals surface area contributed by atoms with Crippen molar-refractivity contribution >= 4 is 47.0 Å². The standard InChI is InChI=1S/C17H22N4O4S2/c1-17(26-8-9-27-17)11-16(22)19-18-12-13-10-14(21(23)24)2-3-15(13)20-4-6-25-7-5-20/h2-3,10,12H,4-9,11H2,1H3,(H,19,22)/b18-12-. The van der Waals surface area contributed by atoms with Gasteiger partial charge < -0.3 is 9.64 Å². The average molecular weight is 411 g/mol. The fraction of sp³-hybridized carbons (Fsp3) is 0.529. The van der Waals surface area contributed by atoms with Gasteiger partial charge in [0, 0.05) is 48.0 Å². The zero-order valence-electron chi connectivity index (χ0n) is 15.1. The summed E-state index contributed by atoms with van der Waals surface area (Å²) < 4.78 is 5.26. The smallest absolute Gasteiger partial charge is 0.270 e. The number of amides is 1. The fourth-order valence-electron chi connectivity index (χ4n) is 3.01. The molecule has 1 amide bonds. The number of benzene rings is 1. The summed E-state index contributed by atoms with van der Waals surface area (Å²) in [6.45, 7) is 4.70. The van der Waals surface area contributed by atoms with E-state index in [4.69, 9.17) is 4.74 Å². The number of thioether (sulfide) groups is 2. The molecular formula is C17H22N4O4S2. The highest BCUT2D eigenvalue weighted by Crippen LogP contribution is 2.45. The summed E-state index contributed by atoms with van der Waals surface area (Å²) in [4.78, 5) is 24.9. The van der Waals surface area contributed by atoms with Crippen molar-refractivity contribution in [1.82, 2.24) is 5.43 Å². The third-order valence-corrected chi connectivity index (χ3v) is 7.64. The van der Waals surface area contributed by atoms with Gasteiger partial charge in [0.05, 0.1) is 34.9 Å². The highest BCUT2D eigenvalue weighted by molar-refractivity contribution is 8.21. The summed E-state index contributed by atoms with van der Waals surface area (Å²) >= 11 is 3.57. The summed E-state index contributed by atoms with van der Waals surface area (Å²) in [7, 11) is 0. The third kappa shape index (κ3) is 5.36. The van der Waals surface area contributed by atoms with Crippen molar-refractivity contribution < 1.29 is 14.5 Å². The van der Waals surface area contributed by atoms with Crippen LogP contribution in [-0.4, -0.2) is 58.9 Å². The maximum Gasteiger partial charge on any atom is 0.270 e. The van der Waals surface area contributed by atoms with E-state index >= 15 is 0 Å². The van der Waals surface area contributed by atoms with Crippen LogP contribution in [0.2, 0.25) is 0 Å². The molecule has 0 aliphatic carbocycles. The van der Waals surface area contributed by atoms with Crippen LogP contribution in [0.4, 0.5) is 11.4 Å². The van der Waals surface area contributed by atoms with Crippen LogP contribution in [0.1, 0.15) is 18.9 Å². The number of nitro groups is 1. The molecule has 2 aliphatic rings. The van der Waals surface area contributed by atoms with Gasteiger partial charge in [0.1, 0.15) is 0 Å². The van der Waals surface area contributed by atoms with Gasteiger partial charge in [-0.05, 0) is 13.0 Å². The van der Waals surface area contributed by atoms with Crippen molar-refractivity contribution in [2.45, 2.75) is 17.4 Å². The zero-order valence-corrected chi connectivity index (χ0v) is 16.7. The van der Waals surface area contributed by atoms with E-state index in [-0.39, 0.29) is 15.7 Å². The molecule has 8 nitrogen and oxygen atoms in total. The lowest BCUT2D eigenvalue weighted by molar-refractivity contribution is -0.384. The molecular weight excluding hydrogens is 388 g/mol. The summed E-state index contributed by atoms with van der Waals surface area (Å²) in [5.74, 6) is 1.94. The van der Waals surface area contributed by atoms with Gasteiger partial charge in [-0.25, -0.2) is 5.43 Å². The molecule has 10 heteroatoms. The Bertz CT molecular complexity index is 732. The van der Waals surface area contributed by atoms with Gasteiger partial charge in [-0.15, -0.1) is 23.5 Å². The molecule has 1 N–H and O–H groups in total. The number of hydrogen-bond donors (Lipinski definition) is 1. The topological polar surface area (TPSA) is 97.1 Å². The molecule has 0 radical (unpaired) electrons. The molecule has 0 atom stereocenters. The minimum atomic E-state index is -0.436. The second-order valence-electron chi connectivity index (χ2n) is 6.40. The number of nitrogens with one attached hydrogen (secondary N) is 1. The third-order valence-electron chi connectivity index (χ3n) is 4.35. The molecule has 2 saturated heterocycles. The molecule has 0 saturated carbocycles.